The molecule has 0 spiro atoms. The van der Waals surface area contributed by atoms with E-state index >= 15 is 0 Å². The standard InChI is InChI=1S/C16H19ClN2S/c1-18-9-12-2-5-16(15(17)8-12)19(14-3-4-14)10-13-6-7-20-11-13/h2,5-8,11,14,18H,3-4,9-10H2,1H3. The van der Waals surface area contributed by atoms with Crippen molar-refractivity contribution in [3.8, 4) is 0 Å². The van der Waals surface area contributed by atoms with Gasteiger partial charge in [0.1, 0.15) is 0 Å². The summed E-state index contributed by atoms with van der Waals surface area (Å²) in [4.78, 5) is 2.45. The molecule has 4 heteroatoms. The summed E-state index contributed by atoms with van der Waals surface area (Å²) in [5.41, 5.74) is 3.77. The minimum Gasteiger partial charge on any atom is -0.363 e. The quantitative estimate of drug-likeness (QED) is 0.856. The van der Waals surface area contributed by atoms with Crippen LogP contribution in [0.2, 0.25) is 5.02 Å². The SMILES string of the molecule is CNCc1ccc(N(Cc2ccsc2)C2CC2)c(Cl)c1. The lowest BCUT2D eigenvalue weighted by Crippen LogP contribution is -2.25. The van der Waals surface area contributed by atoms with Gasteiger partial charge in [-0.3, -0.25) is 0 Å². The van der Waals surface area contributed by atoms with E-state index in [1.54, 1.807) is 11.3 Å². The highest BCUT2D eigenvalue weighted by Gasteiger charge is 2.30. The lowest BCUT2D eigenvalue weighted by molar-refractivity contribution is 0.792. The molecule has 1 aromatic heterocycles. The molecule has 1 fully saturated rings. The summed E-state index contributed by atoms with van der Waals surface area (Å²) in [7, 11) is 1.95. The average molecular weight is 307 g/mol. The van der Waals surface area contributed by atoms with Gasteiger partial charge in [0, 0.05) is 19.1 Å². The Balaban J connectivity index is 1.83. The summed E-state index contributed by atoms with van der Waals surface area (Å²) in [5, 5.41) is 8.38. The van der Waals surface area contributed by atoms with E-state index in [4.69, 9.17) is 11.6 Å². The number of benzene rings is 1. The van der Waals surface area contributed by atoms with Gasteiger partial charge >= 0.3 is 0 Å². The van der Waals surface area contributed by atoms with Crippen molar-refractivity contribution < 1.29 is 0 Å². The first-order valence-corrected chi connectivity index (χ1v) is 8.31. The molecular formula is C16H19ClN2S. The summed E-state index contributed by atoms with van der Waals surface area (Å²) in [5.74, 6) is 0. The first kappa shape index (κ1) is 13.9. The predicted molar refractivity (Wildman–Crippen MR) is 87.7 cm³/mol. The van der Waals surface area contributed by atoms with E-state index in [0.717, 1.165) is 18.1 Å². The van der Waals surface area contributed by atoms with Crippen molar-refractivity contribution in [1.29, 1.82) is 0 Å². The third-order valence-corrected chi connectivity index (χ3v) is 4.66. The highest BCUT2D eigenvalue weighted by atomic mass is 35.5. The first-order chi connectivity index (χ1) is 9.78. The summed E-state index contributed by atoms with van der Waals surface area (Å²) in [6, 6.07) is 9.27. The number of hydrogen-bond donors (Lipinski definition) is 1. The van der Waals surface area contributed by atoms with Crippen molar-refractivity contribution in [2.45, 2.75) is 32.0 Å². The lowest BCUT2D eigenvalue weighted by Gasteiger charge is -2.25. The molecule has 1 saturated carbocycles. The summed E-state index contributed by atoms with van der Waals surface area (Å²) >= 11 is 8.26. The number of hydrogen-bond acceptors (Lipinski definition) is 3. The van der Waals surface area contributed by atoms with E-state index < -0.39 is 0 Å². The fraction of sp³-hybridized carbons (Fsp3) is 0.375. The van der Waals surface area contributed by atoms with Gasteiger partial charge in [-0.25, -0.2) is 0 Å². The molecule has 0 atom stereocenters. The smallest absolute Gasteiger partial charge is 0.0643 e. The van der Waals surface area contributed by atoms with Crippen LogP contribution in [-0.2, 0) is 13.1 Å². The Labute approximate surface area is 129 Å². The molecule has 1 aliphatic carbocycles. The Kier molecular flexibility index (Phi) is 4.29. The van der Waals surface area contributed by atoms with Gasteiger partial charge in [-0.2, -0.15) is 11.3 Å². The molecule has 0 bridgehead atoms. The molecule has 0 unspecified atom stereocenters. The van der Waals surface area contributed by atoms with Crippen molar-refractivity contribution in [2.24, 2.45) is 0 Å². The van der Waals surface area contributed by atoms with Crippen LogP contribution < -0.4 is 10.2 Å². The number of rotatable bonds is 6. The summed E-state index contributed by atoms with van der Waals surface area (Å²) in [6.45, 7) is 1.81. The van der Waals surface area contributed by atoms with Gasteiger partial charge in [-0.15, -0.1) is 0 Å². The Morgan fingerprint density at radius 2 is 2.15 bits per heavy atom. The number of halogens is 1. The zero-order chi connectivity index (χ0) is 13.9. The second-order valence-corrected chi connectivity index (χ2v) is 6.49. The summed E-state index contributed by atoms with van der Waals surface area (Å²) in [6.07, 6.45) is 2.55. The van der Waals surface area contributed by atoms with E-state index in [1.807, 2.05) is 7.05 Å². The average Bonchev–Trinajstić information content (AvgIpc) is 3.15. The van der Waals surface area contributed by atoms with Gasteiger partial charge in [0.25, 0.3) is 0 Å². The van der Waals surface area contributed by atoms with Crippen molar-refractivity contribution in [1.82, 2.24) is 5.32 Å². The van der Waals surface area contributed by atoms with Crippen LogP contribution in [0.4, 0.5) is 5.69 Å². The van der Waals surface area contributed by atoms with Crippen molar-refractivity contribution in [3.05, 3.63) is 51.2 Å². The Morgan fingerprint density at radius 3 is 2.75 bits per heavy atom. The van der Waals surface area contributed by atoms with E-state index in [2.05, 4.69) is 45.2 Å². The van der Waals surface area contributed by atoms with Crippen LogP contribution in [0.1, 0.15) is 24.0 Å². The van der Waals surface area contributed by atoms with E-state index in [0.29, 0.717) is 6.04 Å². The molecule has 2 nitrogen and oxygen atoms in total. The van der Waals surface area contributed by atoms with Crippen molar-refractivity contribution in [3.63, 3.8) is 0 Å². The molecule has 1 N–H and O–H groups in total. The molecule has 0 amide bonds. The third kappa shape index (κ3) is 3.17. The van der Waals surface area contributed by atoms with E-state index in [1.165, 1.54) is 29.7 Å². The molecule has 1 aromatic carbocycles. The predicted octanol–water partition coefficient (Wildman–Crippen LogP) is 4.29. The topological polar surface area (TPSA) is 15.3 Å². The van der Waals surface area contributed by atoms with Gasteiger partial charge in [-0.1, -0.05) is 17.7 Å². The largest absolute Gasteiger partial charge is 0.363 e. The minimum absolute atomic E-state index is 0.655. The molecule has 20 heavy (non-hydrogen) atoms. The maximum Gasteiger partial charge on any atom is 0.0643 e. The van der Waals surface area contributed by atoms with E-state index in [-0.39, 0.29) is 0 Å². The molecule has 106 valence electrons. The minimum atomic E-state index is 0.655. The third-order valence-electron chi connectivity index (χ3n) is 3.62. The first-order valence-electron chi connectivity index (χ1n) is 6.98. The molecule has 0 radical (unpaired) electrons. The Morgan fingerprint density at radius 1 is 1.30 bits per heavy atom. The number of thiophene rings is 1. The van der Waals surface area contributed by atoms with Crippen LogP contribution >= 0.6 is 22.9 Å². The van der Waals surface area contributed by atoms with Crippen LogP contribution in [0.15, 0.2) is 35.0 Å². The van der Waals surface area contributed by atoms with Crippen LogP contribution in [0.25, 0.3) is 0 Å². The molecule has 2 aromatic rings. The number of nitrogens with zero attached hydrogens (tertiary/aromatic N) is 1. The van der Waals surface area contributed by atoms with Gasteiger partial charge < -0.3 is 10.2 Å². The second-order valence-electron chi connectivity index (χ2n) is 5.31. The number of anilines is 1. The zero-order valence-corrected chi connectivity index (χ0v) is 13.2. The molecule has 3 rings (SSSR count). The van der Waals surface area contributed by atoms with Crippen molar-refractivity contribution >= 4 is 28.6 Å². The monoisotopic (exact) mass is 306 g/mol. The van der Waals surface area contributed by atoms with Crippen LogP contribution in [0.5, 0.6) is 0 Å². The molecule has 0 aliphatic heterocycles. The normalized spacial score (nSPS) is 14.5. The fourth-order valence-electron chi connectivity index (χ4n) is 2.47. The van der Waals surface area contributed by atoms with Gasteiger partial charge in [0.15, 0.2) is 0 Å². The number of nitrogens with one attached hydrogen (secondary N) is 1. The van der Waals surface area contributed by atoms with Crippen molar-refractivity contribution in [2.75, 3.05) is 11.9 Å². The highest BCUT2D eigenvalue weighted by Crippen LogP contribution is 2.37. The van der Waals surface area contributed by atoms with Gasteiger partial charge in [0.2, 0.25) is 0 Å². The lowest BCUT2D eigenvalue weighted by atomic mass is 10.1. The van der Waals surface area contributed by atoms with Gasteiger partial charge in [0.05, 0.1) is 10.7 Å². The second kappa shape index (κ2) is 6.17. The maximum atomic E-state index is 6.51. The van der Waals surface area contributed by atoms with E-state index in [9.17, 15) is 0 Å². The molecule has 0 saturated heterocycles. The highest BCUT2D eigenvalue weighted by molar-refractivity contribution is 7.07. The summed E-state index contributed by atoms with van der Waals surface area (Å²) < 4.78 is 0. The Bertz CT molecular complexity index is 564. The maximum absolute atomic E-state index is 6.51. The molecule has 1 aliphatic rings. The zero-order valence-electron chi connectivity index (χ0n) is 11.6. The fourth-order valence-corrected chi connectivity index (χ4v) is 3.45. The Hall–Kier alpha value is -1.03. The van der Waals surface area contributed by atoms with Crippen LogP contribution in [-0.4, -0.2) is 13.1 Å². The van der Waals surface area contributed by atoms with Gasteiger partial charge in [-0.05, 0) is 60.0 Å². The van der Waals surface area contributed by atoms with Crippen LogP contribution in [0.3, 0.4) is 0 Å². The van der Waals surface area contributed by atoms with Crippen LogP contribution in [0, 0.1) is 0 Å². The molecule has 1 heterocycles. The molecular weight excluding hydrogens is 288 g/mol.